The summed E-state index contributed by atoms with van der Waals surface area (Å²) in [7, 11) is 1.54. The lowest BCUT2D eigenvalue weighted by Crippen LogP contribution is -2.19. The number of fused-ring (bicyclic) bond motifs is 1. The highest BCUT2D eigenvalue weighted by Crippen LogP contribution is 2.28. The van der Waals surface area contributed by atoms with E-state index < -0.39 is 0 Å². The Kier molecular flexibility index (Phi) is 5.35. The minimum absolute atomic E-state index is 0.347. The fourth-order valence-corrected chi connectivity index (χ4v) is 3.44. The maximum atomic E-state index is 12.5. The van der Waals surface area contributed by atoms with Crippen molar-refractivity contribution in [1.29, 1.82) is 0 Å². The average molecular weight is 407 g/mol. The van der Waals surface area contributed by atoms with Crippen molar-refractivity contribution in [2.24, 2.45) is 0 Å². The second kappa shape index (κ2) is 8.24. The highest BCUT2D eigenvalue weighted by Gasteiger charge is 2.10. The van der Waals surface area contributed by atoms with Crippen molar-refractivity contribution in [2.45, 2.75) is 6.54 Å². The number of benzene rings is 2. The fourth-order valence-electron chi connectivity index (χ4n) is 3.18. The van der Waals surface area contributed by atoms with Gasteiger partial charge in [-0.25, -0.2) is 4.79 Å². The van der Waals surface area contributed by atoms with Gasteiger partial charge in [-0.3, -0.25) is 4.98 Å². The minimum Gasteiger partial charge on any atom is -0.495 e. The zero-order valence-electron chi connectivity index (χ0n) is 15.7. The van der Waals surface area contributed by atoms with Gasteiger partial charge in [-0.1, -0.05) is 17.7 Å². The topological polar surface area (TPSA) is 68.2 Å². The van der Waals surface area contributed by atoms with Gasteiger partial charge in [-0.05, 0) is 54.1 Å². The Morgan fingerprint density at radius 2 is 1.93 bits per heavy atom. The molecule has 4 aromatic rings. The van der Waals surface area contributed by atoms with Crippen molar-refractivity contribution >= 4 is 39.9 Å². The summed E-state index contributed by atoms with van der Waals surface area (Å²) in [4.78, 5) is 16.5. The third-order valence-corrected chi connectivity index (χ3v) is 4.87. The van der Waals surface area contributed by atoms with Crippen molar-refractivity contribution in [3.8, 4) is 5.75 Å². The molecule has 4 rings (SSSR count). The number of carbonyl (C=O) groups is 1. The maximum Gasteiger partial charge on any atom is 0.323 e. The van der Waals surface area contributed by atoms with E-state index in [9.17, 15) is 4.79 Å². The Labute approximate surface area is 173 Å². The van der Waals surface area contributed by atoms with Gasteiger partial charge in [0.15, 0.2) is 0 Å². The normalized spacial score (nSPS) is 10.7. The number of amides is 2. The van der Waals surface area contributed by atoms with Crippen LogP contribution >= 0.6 is 11.6 Å². The summed E-state index contributed by atoms with van der Waals surface area (Å²) in [6, 6.07) is 16.5. The van der Waals surface area contributed by atoms with E-state index in [0.29, 0.717) is 16.5 Å². The lowest BCUT2D eigenvalue weighted by atomic mass is 10.2. The molecule has 2 N–H and O–H groups in total. The van der Waals surface area contributed by atoms with Gasteiger partial charge in [0, 0.05) is 36.2 Å². The SMILES string of the molecule is COc1ccc(NC(=O)Nc2cccc3c2ccn3Cc2ccncc2)cc1Cl. The third-order valence-electron chi connectivity index (χ3n) is 4.57. The van der Waals surface area contributed by atoms with E-state index >= 15 is 0 Å². The van der Waals surface area contributed by atoms with Crippen LogP contribution in [0.4, 0.5) is 16.2 Å². The molecule has 0 unspecified atom stereocenters. The van der Waals surface area contributed by atoms with Crippen molar-refractivity contribution in [2.75, 3.05) is 17.7 Å². The average Bonchev–Trinajstić information content (AvgIpc) is 3.13. The van der Waals surface area contributed by atoms with E-state index in [1.807, 2.05) is 42.6 Å². The summed E-state index contributed by atoms with van der Waals surface area (Å²) >= 11 is 6.12. The molecule has 7 heteroatoms. The number of pyridine rings is 1. The molecule has 0 atom stereocenters. The van der Waals surface area contributed by atoms with Crippen LogP contribution in [0.1, 0.15) is 5.56 Å². The van der Waals surface area contributed by atoms with E-state index in [1.54, 1.807) is 37.7 Å². The number of hydrogen-bond acceptors (Lipinski definition) is 3. The Morgan fingerprint density at radius 1 is 1.10 bits per heavy atom. The number of nitrogens with one attached hydrogen (secondary N) is 2. The molecule has 146 valence electrons. The van der Waals surface area contributed by atoms with Crippen LogP contribution in [-0.4, -0.2) is 22.7 Å². The fraction of sp³-hybridized carbons (Fsp3) is 0.0909. The van der Waals surface area contributed by atoms with Crippen LogP contribution < -0.4 is 15.4 Å². The Morgan fingerprint density at radius 3 is 2.69 bits per heavy atom. The Bertz CT molecular complexity index is 1160. The minimum atomic E-state index is -0.347. The van der Waals surface area contributed by atoms with E-state index in [1.165, 1.54) is 0 Å². The summed E-state index contributed by atoms with van der Waals surface area (Å²) in [5, 5.41) is 7.09. The quantitative estimate of drug-likeness (QED) is 0.467. The first-order valence-corrected chi connectivity index (χ1v) is 9.40. The van der Waals surface area contributed by atoms with E-state index in [2.05, 4.69) is 20.2 Å². The first kappa shape index (κ1) is 18.8. The van der Waals surface area contributed by atoms with Gasteiger partial charge < -0.3 is 19.9 Å². The number of methoxy groups -OCH3 is 1. The van der Waals surface area contributed by atoms with Crippen molar-refractivity contribution in [3.63, 3.8) is 0 Å². The number of urea groups is 1. The number of hydrogen-bond donors (Lipinski definition) is 2. The molecule has 2 aromatic heterocycles. The lowest BCUT2D eigenvalue weighted by molar-refractivity contribution is 0.262. The number of rotatable bonds is 5. The third kappa shape index (κ3) is 4.17. The highest BCUT2D eigenvalue weighted by molar-refractivity contribution is 6.32. The van der Waals surface area contributed by atoms with Gasteiger partial charge in [0.05, 0.1) is 23.3 Å². The van der Waals surface area contributed by atoms with Crippen LogP contribution in [0.25, 0.3) is 10.9 Å². The summed E-state index contributed by atoms with van der Waals surface area (Å²) in [6.45, 7) is 0.728. The maximum absolute atomic E-state index is 12.5. The summed E-state index contributed by atoms with van der Waals surface area (Å²) < 4.78 is 7.26. The number of carbonyl (C=O) groups excluding carboxylic acids is 1. The second-order valence-corrected chi connectivity index (χ2v) is 6.87. The first-order chi connectivity index (χ1) is 14.1. The van der Waals surface area contributed by atoms with Gasteiger partial charge in [-0.2, -0.15) is 0 Å². The molecule has 2 heterocycles. The number of halogens is 1. The van der Waals surface area contributed by atoms with Crippen LogP contribution in [-0.2, 0) is 6.54 Å². The van der Waals surface area contributed by atoms with Gasteiger partial charge >= 0.3 is 6.03 Å². The molecular formula is C22H19ClN4O2. The molecule has 0 aliphatic heterocycles. The number of nitrogens with zero attached hydrogens (tertiary/aromatic N) is 2. The van der Waals surface area contributed by atoms with E-state index in [0.717, 1.165) is 28.7 Å². The molecule has 2 amide bonds. The van der Waals surface area contributed by atoms with E-state index in [4.69, 9.17) is 16.3 Å². The first-order valence-electron chi connectivity index (χ1n) is 9.02. The molecule has 0 bridgehead atoms. The van der Waals surface area contributed by atoms with Gasteiger partial charge in [0.25, 0.3) is 0 Å². The molecule has 0 aliphatic rings. The molecule has 0 fully saturated rings. The number of ether oxygens (including phenoxy) is 1. The van der Waals surface area contributed by atoms with E-state index in [-0.39, 0.29) is 6.03 Å². The molecule has 0 spiro atoms. The van der Waals surface area contributed by atoms with Crippen LogP contribution in [0.2, 0.25) is 5.02 Å². The Hall–Kier alpha value is -3.51. The molecular weight excluding hydrogens is 388 g/mol. The predicted molar refractivity (Wildman–Crippen MR) is 116 cm³/mol. The van der Waals surface area contributed by atoms with Crippen LogP contribution in [0.5, 0.6) is 5.75 Å². The molecule has 0 aliphatic carbocycles. The summed E-state index contributed by atoms with van der Waals surface area (Å²) in [6.07, 6.45) is 5.57. The smallest absolute Gasteiger partial charge is 0.323 e. The standard InChI is InChI=1S/C22H19ClN4O2/c1-29-21-6-5-16(13-18(21)23)25-22(28)26-19-3-2-4-20-17(19)9-12-27(20)14-15-7-10-24-11-8-15/h2-13H,14H2,1H3,(H2,25,26,28). The predicted octanol–water partition coefficient (Wildman–Crippen LogP) is 5.39. The second-order valence-electron chi connectivity index (χ2n) is 6.47. The summed E-state index contributed by atoms with van der Waals surface area (Å²) in [5.41, 5.74) is 3.50. The lowest BCUT2D eigenvalue weighted by Gasteiger charge is -2.11. The van der Waals surface area contributed by atoms with Crippen LogP contribution in [0, 0.1) is 0 Å². The van der Waals surface area contributed by atoms with Gasteiger partial charge in [0.1, 0.15) is 5.75 Å². The zero-order chi connectivity index (χ0) is 20.2. The number of aromatic nitrogens is 2. The van der Waals surface area contributed by atoms with Crippen molar-refractivity contribution in [1.82, 2.24) is 9.55 Å². The van der Waals surface area contributed by atoms with Crippen LogP contribution in [0.3, 0.4) is 0 Å². The molecule has 0 saturated carbocycles. The molecule has 6 nitrogen and oxygen atoms in total. The van der Waals surface area contributed by atoms with Crippen LogP contribution in [0.15, 0.2) is 73.2 Å². The number of anilines is 2. The van der Waals surface area contributed by atoms with Crippen molar-refractivity contribution < 1.29 is 9.53 Å². The molecule has 0 radical (unpaired) electrons. The van der Waals surface area contributed by atoms with Crippen molar-refractivity contribution in [3.05, 3.63) is 83.8 Å². The summed E-state index contributed by atoms with van der Waals surface area (Å²) in [5.74, 6) is 0.554. The zero-order valence-corrected chi connectivity index (χ0v) is 16.5. The van der Waals surface area contributed by atoms with Gasteiger partial charge in [-0.15, -0.1) is 0 Å². The Balaban J connectivity index is 1.52. The molecule has 29 heavy (non-hydrogen) atoms. The molecule has 0 saturated heterocycles. The highest BCUT2D eigenvalue weighted by atomic mass is 35.5. The monoisotopic (exact) mass is 406 g/mol. The largest absolute Gasteiger partial charge is 0.495 e. The van der Waals surface area contributed by atoms with Gasteiger partial charge in [0.2, 0.25) is 0 Å². The molecule has 2 aromatic carbocycles.